The van der Waals surface area contributed by atoms with Crippen molar-refractivity contribution in [1.82, 2.24) is 10.2 Å². The van der Waals surface area contributed by atoms with E-state index < -0.39 is 12.0 Å². The van der Waals surface area contributed by atoms with Crippen molar-refractivity contribution in [1.29, 1.82) is 0 Å². The van der Waals surface area contributed by atoms with Gasteiger partial charge in [0.25, 0.3) is 11.0 Å². The molecule has 1 aliphatic heterocycles. The summed E-state index contributed by atoms with van der Waals surface area (Å²) >= 11 is 1.29. The van der Waals surface area contributed by atoms with Crippen molar-refractivity contribution >= 4 is 39.8 Å². The Morgan fingerprint density at radius 3 is 2.83 bits per heavy atom. The first-order valence-corrected chi connectivity index (χ1v) is 8.03. The van der Waals surface area contributed by atoms with E-state index in [-0.39, 0.29) is 12.3 Å². The molecule has 2 N–H and O–H groups in total. The lowest BCUT2D eigenvalue weighted by Crippen LogP contribution is -2.39. The van der Waals surface area contributed by atoms with Crippen LogP contribution in [0.3, 0.4) is 0 Å². The zero-order chi connectivity index (χ0) is 17.3. The van der Waals surface area contributed by atoms with Gasteiger partial charge in [0, 0.05) is 12.1 Å². The first-order chi connectivity index (χ1) is 11.5. The van der Waals surface area contributed by atoms with Gasteiger partial charge in [-0.15, -0.1) is 20.4 Å². The predicted octanol–water partition coefficient (Wildman–Crippen LogP) is 2.71. The van der Waals surface area contributed by atoms with Crippen LogP contribution in [-0.4, -0.2) is 39.0 Å². The van der Waals surface area contributed by atoms with Crippen molar-refractivity contribution in [3.8, 4) is 5.75 Å². The molecule has 124 valence electrons. The zero-order valence-electron chi connectivity index (χ0n) is 13.0. The fourth-order valence-electron chi connectivity index (χ4n) is 2.33. The van der Waals surface area contributed by atoms with Crippen LogP contribution in [0.25, 0.3) is 6.08 Å². The molecule has 8 nitrogen and oxygen atoms in total. The molecule has 1 aliphatic rings. The number of hydrogen-bond donors (Lipinski definition) is 2. The summed E-state index contributed by atoms with van der Waals surface area (Å²) in [6.07, 6.45) is 2.28. The van der Waals surface area contributed by atoms with Gasteiger partial charge in [-0.1, -0.05) is 23.5 Å². The highest BCUT2D eigenvalue weighted by Gasteiger charge is 2.27. The van der Waals surface area contributed by atoms with Gasteiger partial charge in [0.1, 0.15) is 22.5 Å². The number of hydrogen-bond acceptors (Lipinski definition) is 8. The zero-order valence-corrected chi connectivity index (χ0v) is 13.9. The molecule has 2 aromatic rings. The molecule has 1 amide bonds. The van der Waals surface area contributed by atoms with Crippen LogP contribution in [0.2, 0.25) is 0 Å². The van der Waals surface area contributed by atoms with E-state index in [1.807, 2.05) is 6.92 Å². The number of aliphatic hydroxyl groups excluding tert-OH is 1. The number of aromatic hydroxyl groups is 1. The second-order valence-corrected chi connectivity index (χ2v) is 6.36. The van der Waals surface area contributed by atoms with Gasteiger partial charge in [0.2, 0.25) is 0 Å². The van der Waals surface area contributed by atoms with Crippen molar-refractivity contribution < 1.29 is 15.0 Å². The van der Waals surface area contributed by atoms with Gasteiger partial charge in [0.15, 0.2) is 0 Å². The highest BCUT2D eigenvalue weighted by atomic mass is 32.1. The summed E-state index contributed by atoms with van der Waals surface area (Å²) in [5, 5.41) is 36.8. The molecule has 0 bridgehead atoms. The van der Waals surface area contributed by atoms with E-state index in [2.05, 4.69) is 20.4 Å². The molecule has 0 saturated carbocycles. The Morgan fingerprint density at radius 2 is 2.17 bits per heavy atom. The molecular formula is C15H15N5O3S. The van der Waals surface area contributed by atoms with Gasteiger partial charge in [-0.05, 0) is 26.0 Å². The largest absolute Gasteiger partial charge is 0.507 e. The minimum atomic E-state index is -1.16. The first-order valence-electron chi connectivity index (χ1n) is 7.21. The monoisotopic (exact) mass is 345 g/mol. The maximum absolute atomic E-state index is 12.3. The number of carbonyl (C=O) groups is 1. The Balaban J connectivity index is 2.06. The number of amides is 1. The summed E-state index contributed by atoms with van der Waals surface area (Å²) in [5.41, 5.74) is 1.27. The Bertz CT molecular complexity index is 844. The minimum Gasteiger partial charge on any atom is -0.507 e. The molecule has 0 fully saturated rings. The number of aryl methyl sites for hydroxylation is 1. The van der Waals surface area contributed by atoms with Gasteiger partial charge in [-0.3, -0.25) is 4.79 Å². The molecule has 0 saturated heterocycles. The third kappa shape index (κ3) is 3.03. The molecule has 9 heteroatoms. The van der Waals surface area contributed by atoms with Crippen LogP contribution >= 0.6 is 11.3 Å². The number of azo groups is 1. The summed E-state index contributed by atoms with van der Waals surface area (Å²) in [7, 11) is 0. The average molecular weight is 345 g/mol. The molecule has 1 aromatic carbocycles. The van der Waals surface area contributed by atoms with Crippen LogP contribution in [0.1, 0.15) is 17.5 Å². The average Bonchev–Trinajstić information content (AvgIpc) is 2.98. The van der Waals surface area contributed by atoms with Gasteiger partial charge in [0.05, 0.1) is 5.69 Å². The minimum absolute atomic E-state index is 0.0232. The van der Waals surface area contributed by atoms with Crippen LogP contribution in [0, 0.1) is 6.92 Å². The topological polar surface area (TPSA) is 111 Å². The second kappa shape index (κ2) is 6.46. The summed E-state index contributed by atoms with van der Waals surface area (Å²) in [4.78, 5) is 13.6. The van der Waals surface area contributed by atoms with Gasteiger partial charge in [-0.2, -0.15) is 0 Å². The molecule has 1 unspecified atom stereocenters. The van der Waals surface area contributed by atoms with Crippen LogP contribution < -0.4 is 4.90 Å². The number of benzene rings is 1. The van der Waals surface area contributed by atoms with E-state index in [0.717, 1.165) is 5.01 Å². The van der Waals surface area contributed by atoms with E-state index in [0.29, 0.717) is 22.1 Å². The van der Waals surface area contributed by atoms with Crippen LogP contribution in [0.4, 0.5) is 16.5 Å². The highest BCUT2D eigenvalue weighted by molar-refractivity contribution is 7.14. The Morgan fingerprint density at radius 1 is 1.38 bits per heavy atom. The number of phenolic OH excluding ortho intramolecular Hbond substituents is 1. The van der Waals surface area contributed by atoms with Crippen molar-refractivity contribution in [2.45, 2.75) is 20.0 Å². The standard InChI is InChI=1S/C15H15N5O3S/c1-8(21)14(23)20-7-3-4-10-12(22)6-5-11(13(10)20)17-19-15-18-16-9(2)24-15/h3-6,8,21-22H,7H2,1-2H3. The van der Waals surface area contributed by atoms with Crippen LogP contribution in [0.5, 0.6) is 5.75 Å². The van der Waals surface area contributed by atoms with E-state index in [1.54, 1.807) is 18.2 Å². The number of phenols is 1. The molecule has 3 rings (SSSR count). The lowest BCUT2D eigenvalue weighted by molar-refractivity contribution is -0.125. The van der Waals surface area contributed by atoms with Crippen molar-refractivity contribution in [3.05, 3.63) is 28.8 Å². The maximum atomic E-state index is 12.3. The number of aliphatic hydroxyl groups is 1. The smallest absolute Gasteiger partial charge is 0.255 e. The Kier molecular flexibility index (Phi) is 4.36. The third-order valence-electron chi connectivity index (χ3n) is 3.40. The molecular weight excluding hydrogens is 330 g/mol. The van der Waals surface area contributed by atoms with E-state index in [9.17, 15) is 15.0 Å². The van der Waals surface area contributed by atoms with Crippen molar-refractivity contribution in [2.75, 3.05) is 11.4 Å². The second-order valence-electron chi connectivity index (χ2n) is 5.20. The summed E-state index contributed by atoms with van der Waals surface area (Å²) in [6, 6.07) is 3.05. The third-order valence-corrected chi connectivity index (χ3v) is 4.12. The van der Waals surface area contributed by atoms with Crippen molar-refractivity contribution in [3.63, 3.8) is 0 Å². The van der Waals surface area contributed by atoms with E-state index in [4.69, 9.17) is 0 Å². The van der Waals surface area contributed by atoms with E-state index in [1.165, 1.54) is 29.2 Å². The maximum Gasteiger partial charge on any atom is 0.255 e. The normalized spacial score (nSPS) is 14.9. The number of fused-ring (bicyclic) bond motifs is 1. The number of aromatic nitrogens is 2. The number of nitrogens with zero attached hydrogens (tertiary/aromatic N) is 5. The first kappa shape index (κ1) is 16.2. The molecule has 0 radical (unpaired) electrons. The molecule has 2 heterocycles. The number of rotatable bonds is 3. The highest BCUT2D eigenvalue weighted by Crippen LogP contribution is 2.41. The lowest BCUT2D eigenvalue weighted by Gasteiger charge is -2.28. The van der Waals surface area contributed by atoms with Crippen LogP contribution in [0.15, 0.2) is 28.4 Å². The summed E-state index contributed by atoms with van der Waals surface area (Å²) in [5.74, 6) is -0.454. The van der Waals surface area contributed by atoms with Gasteiger partial charge in [-0.25, -0.2) is 0 Å². The fraction of sp³-hybridized carbons (Fsp3) is 0.267. The predicted molar refractivity (Wildman–Crippen MR) is 90.0 cm³/mol. The number of anilines is 1. The summed E-state index contributed by atoms with van der Waals surface area (Å²) in [6.45, 7) is 3.49. The van der Waals surface area contributed by atoms with E-state index >= 15 is 0 Å². The number of carbonyl (C=O) groups excluding carboxylic acids is 1. The molecule has 1 aromatic heterocycles. The Labute approximate surface area is 141 Å². The molecule has 0 spiro atoms. The lowest BCUT2D eigenvalue weighted by atomic mass is 10.0. The molecule has 0 aliphatic carbocycles. The van der Waals surface area contributed by atoms with Gasteiger partial charge < -0.3 is 15.1 Å². The Hall–Kier alpha value is -2.65. The SMILES string of the molecule is Cc1nnc(N=Nc2ccc(O)c3c2N(C(=O)C(C)O)CC=C3)s1. The quantitative estimate of drug-likeness (QED) is 0.831. The fourth-order valence-corrected chi connectivity index (χ4v) is 2.84. The summed E-state index contributed by atoms with van der Waals surface area (Å²) < 4.78 is 0. The van der Waals surface area contributed by atoms with Crippen molar-refractivity contribution in [2.24, 2.45) is 10.2 Å². The van der Waals surface area contributed by atoms with Gasteiger partial charge >= 0.3 is 0 Å². The van der Waals surface area contributed by atoms with Crippen LogP contribution in [-0.2, 0) is 4.79 Å². The molecule has 1 atom stereocenters. The molecule has 24 heavy (non-hydrogen) atoms.